The minimum atomic E-state index is 0.222. The van der Waals surface area contributed by atoms with Crippen LogP contribution in [0.4, 0.5) is 0 Å². The van der Waals surface area contributed by atoms with Gasteiger partial charge in [-0.3, -0.25) is 10.8 Å². The second-order valence-corrected chi connectivity index (χ2v) is 3.35. The van der Waals surface area contributed by atoms with E-state index < -0.39 is 0 Å². The Morgan fingerprint density at radius 2 is 1.83 bits per heavy atom. The van der Waals surface area contributed by atoms with Gasteiger partial charge in [0.15, 0.2) is 11.0 Å². The Morgan fingerprint density at radius 1 is 1.25 bits per heavy atom. The van der Waals surface area contributed by atoms with Crippen LogP contribution in [0.5, 0.6) is 0 Å². The lowest BCUT2D eigenvalue weighted by molar-refractivity contribution is 1.17. The molecule has 0 aliphatic rings. The number of amidine groups is 2. The van der Waals surface area contributed by atoms with E-state index in [9.17, 15) is 0 Å². The Labute approximate surface area is 80.6 Å². The minimum Gasteiger partial charge on any atom is -0.371 e. The Balaban J connectivity index is 4.43. The fourth-order valence-corrected chi connectivity index (χ4v) is 1.18. The van der Waals surface area contributed by atoms with Crippen LogP contribution in [0.15, 0.2) is 4.99 Å². The molecule has 0 rings (SSSR count). The SMILES string of the molecule is CNC(=N)/C(=N\C(=N)SC)SC. The standard InChI is InChI=1S/C6H12N4S2/c1-9-4(7)5(11-2)10-6(8)12-3/h8H,1-3H3,(H2,7,9)/b8-6?,10-5+. The zero-order valence-electron chi connectivity index (χ0n) is 7.26. The first-order chi connectivity index (χ1) is 5.65. The summed E-state index contributed by atoms with van der Waals surface area (Å²) in [6.45, 7) is 0. The van der Waals surface area contributed by atoms with Crippen LogP contribution in [-0.4, -0.2) is 35.6 Å². The maximum Gasteiger partial charge on any atom is 0.180 e. The van der Waals surface area contributed by atoms with E-state index >= 15 is 0 Å². The van der Waals surface area contributed by atoms with Crippen molar-refractivity contribution in [3.8, 4) is 0 Å². The summed E-state index contributed by atoms with van der Waals surface area (Å²) in [5.41, 5.74) is 0. The number of hydrogen-bond acceptors (Lipinski definition) is 4. The molecule has 0 saturated heterocycles. The van der Waals surface area contributed by atoms with E-state index in [1.165, 1.54) is 23.5 Å². The molecule has 0 bridgehead atoms. The number of thioether (sulfide) groups is 2. The van der Waals surface area contributed by atoms with Crippen LogP contribution in [0, 0.1) is 10.8 Å². The lowest BCUT2D eigenvalue weighted by Gasteiger charge is -2.03. The number of hydrogen-bond donors (Lipinski definition) is 3. The predicted molar refractivity (Wildman–Crippen MR) is 59.0 cm³/mol. The van der Waals surface area contributed by atoms with E-state index in [2.05, 4.69) is 10.3 Å². The fourth-order valence-electron chi connectivity index (χ4n) is 0.448. The average molecular weight is 204 g/mol. The van der Waals surface area contributed by atoms with Crippen LogP contribution in [-0.2, 0) is 0 Å². The molecular formula is C6H12N4S2. The van der Waals surface area contributed by atoms with E-state index in [-0.39, 0.29) is 11.0 Å². The summed E-state index contributed by atoms with van der Waals surface area (Å²) in [4.78, 5) is 3.92. The number of nitrogens with zero attached hydrogens (tertiary/aromatic N) is 1. The third-order valence-electron chi connectivity index (χ3n) is 1.05. The topological polar surface area (TPSA) is 72.1 Å². The van der Waals surface area contributed by atoms with Gasteiger partial charge in [-0.1, -0.05) is 11.8 Å². The molecule has 0 fully saturated rings. The molecule has 0 aliphatic carbocycles. The summed E-state index contributed by atoms with van der Waals surface area (Å²) >= 11 is 2.61. The molecule has 0 aromatic heterocycles. The summed E-state index contributed by atoms with van der Waals surface area (Å²) in [5.74, 6) is 0.251. The van der Waals surface area contributed by atoms with Gasteiger partial charge in [0.05, 0.1) is 0 Å². The monoisotopic (exact) mass is 204 g/mol. The van der Waals surface area contributed by atoms with Gasteiger partial charge in [0, 0.05) is 7.05 Å². The zero-order chi connectivity index (χ0) is 9.56. The second-order valence-electron chi connectivity index (χ2n) is 1.76. The molecule has 0 heterocycles. The fraction of sp³-hybridized carbons (Fsp3) is 0.500. The first kappa shape index (κ1) is 11.5. The number of nitrogens with one attached hydrogen (secondary N) is 3. The van der Waals surface area contributed by atoms with E-state index in [1.54, 1.807) is 13.3 Å². The highest BCUT2D eigenvalue weighted by Gasteiger charge is 2.03. The van der Waals surface area contributed by atoms with E-state index in [0.717, 1.165) is 0 Å². The van der Waals surface area contributed by atoms with Gasteiger partial charge < -0.3 is 5.32 Å². The second kappa shape index (κ2) is 6.07. The van der Waals surface area contributed by atoms with Crippen molar-refractivity contribution >= 4 is 39.6 Å². The number of rotatable bonds is 0. The lowest BCUT2D eigenvalue weighted by Crippen LogP contribution is -2.24. The van der Waals surface area contributed by atoms with Crippen molar-refractivity contribution in [2.24, 2.45) is 4.99 Å². The normalized spacial score (nSPS) is 11.1. The van der Waals surface area contributed by atoms with Crippen molar-refractivity contribution in [1.29, 1.82) is 10.8 Å². The highest BCUT2D eigenvalue weighted by Crippen LogP contribution is 2.03. The van der Waals surface area contributed by atoms with Crippen LogP contribution >= 0.6 is 23.5 Å². The van der Waals surface area contributed by atoms with Gasteiger partial charge >= 0.3 is 0 Å². The quantitative estimate of drug-likeness (QED) is 0.410. The molecule has 0 spiro atoms. The average Bonchev–Trinajstić information content (AvgIpc) is 2.12. The molecule has 0 amide bonds. The Hall–Kier alpha value is -0.490. The molecule has 4 nitrogen and oxygen atoms in total. The van der Waals surface area contributed by atoms with Crippen LogP contribution in [0.3, 0.4) is 0 Å². The highest BCUT2D eigenvalue weighted by molar-refractivity contribution is 8.16. The Kier molecular flexibility index (Phi) is 5.83. The van der Waals surface area contributed by atoms with Crippen molar-refractivity contribution in [2.75, 3.05) is 19.6 Å². The van der Waals surface area contributed by atoms with Crippen LogP contribution in [0.2, 0.25) is 0 Å². The lowest BCUT2D eigenvalue weighted by atomic mass is 10.6. The van der Waals surface area contributed by atoms with Gasteiger partial charge in [0.1, 0.15) is 5.04 Å². The van der Waals surface area contributed by atoms with Crippen molar-refractivity contribution in [3.05, 3.63) is 0 Å². The maximum absolute atomic E-state index is 7.39. The molecule has 0 saturated carbocycles. The van der Waals surface area contributed by atoms with Gasteiger partial charge in [-0.2, -0.15) is 0 Å². The van der Waals surface area contributed by atoms with Crippen molar-refractivity contribution < 1.29 is 0 Å². The first-order valence-electron chi connectivity index (χ1n) is 3.17. The smallest absolute Gasteiger partial charge is 0.180 e. The van der Waals surface area contributed by atoms with Gasteiger partial charge in [0.25, 0.3) is 0 Å². The Morgan fingerprint density at radius 3 is 2.17 bits per heavy atom. The molecule has 0 atom stereocenters. The molecular weight excluding hydrogens is 192 g/mol. The molecule has 68 valence electrons. The van der Waals surface area contributed by atoms with E-state index in [1.807, 2.05) is 6.26 Å². The van der Waals surface area contributed by atoms with E-state index in [0.29, 0.717) is 5.04 Å². The largest absolute Gasteiger partial charge is 0.371 e. The predicted octanol–water partition coefficient (Wildman–Crippen LogP) is 1.24. The summed E-state index contributed by atoms with van der Waals surface area (Å²) in [5, 5.41) is 18.1. The van der Waals surface area contributed by atoms with Gasteiger partial charge in [0.2, 0.25) is 0 Å². The van der Waals surface area contributed by atoms with Crippen molar-refractivity contribution in [1.82, 2.24) is 5.32 Å². The van der Waals surface area contributed by atoms with E-state index in [4.69, 9.17) is 10.8 Å². The van der Waals surface area contributed by atoms with Gasteiger partial charge in [-0.15, -0.1) is 11.8 Å². The van der Waals surface area contributed by atoms with Gasteiger partial charge in [-0.25, -0.2) is 4.99 Å². The summed E-state index contributed by atoms with van der Waals surface area (Å²) in [7, 11) is 1.66. The summed E-state index contributed by atoms with van der Waals surface area (Å²) in [6.07, 6.45) is 3.62. The molecule has 12 heavy (non-hydrogen) atoms. The molecule has 0 aromatic rings. The van der Waals surface area contributed by atoms with Crippen molar-refractivity contribution in [2.45, 2.75) is 0 Å². The molecule has 0 aromatic carbocycles. The maximum atomic E-state index is 7.39. The molecule has 6 heteroatoms. The Bertz CT molecular complexity index is 212. The van der Waals surface area contributed by atoms with Crippen LogP contribution in [0.1, 0.15) is 0 Å². The number of aliphatic imine (C=N–C) groups is 1. The minimum absolute atomic E-state index is 0.222. The van der Waals surface area contributed by atoms with Gasteiger partial charge in [-0.05, 0) is 12.5 Å². The molecule has 0 aliphatic heterocycles. The first-order valence-corrected chi connectivity index (χ1v) is 5.62. The third-order valence-corrected chi connectivity index (χ3v) is 2.21. The molecule has 0 unspecified atom stereocenters. The zero-order valence-corrected chi connectivity index (χ0v) is 8.90. The summed E-state index contributed by atoms with van der Waals surface area (Å²) in [6, 6.07) is 0. The molecule has 3 N–H and O–H groups in total. The van der Waals surface area contributed by atoms with Crippen molar-refractivity contribution in [3.63, 3.8) is 0 Å². The van der Waals surface area contributed by atoms with Crippen LogP contribution in [0.25, 0.3) is 0 Å². The van der Waals surface area contributed by atoms with Crippen LogP contribution < -0.4 is 5.32 Å². The summed E-state index contributed by atoms with van der Waals surface area (Å²) < 4.78 is 0. The third kappa shape index (κ3) is 3.77. The highest BCUT2D eigenvalue weighted by atomic mass is 32.2. The molecule has 0 radical (unpaired) electrons.